The Labute approximate surface area is 216 Å². The molecule has 8 heteroatoms. The molecule has 3 heterocycles. The lowest BCUT2D eigenvalue weighted by Gasteiger charge is -2.50. The zero-order valence-electron chi connectivity index (χ0n) is 21.3. The Kier molecular flexibility index (Phi) is 6.69. The van der Waals surface area contributed by atoms with Gasteiger partial charge in [0, 0.05) is 57.3 Å². The molecule has 0 unspecified atom stereocenters. The first kappa shape index (κ1) is 24.9. The van der Waals surface area contributed by atoms with Gasteiger partial charge in [-0.1, -0.05) is 18.2 Å². The Bertz CT molecular complexity index is 1320. The first-order valence-corrected chi connectivity index (χ1v) is 12.6. The van der Waals surface area contributed by atoms with Crippen molar-refractivity contribution in [2.75, 3.05) is 20.1 Å². The zero-order chi connectivity index (χ0) is 26.2. The molecule has 37 heavy (non-hydrogen) atoms. The van der Waals surface area contributed by atoms with Gasteiger partial charge in [-0.25, -0.2) is 4.39 Å². The van der Waals surface area contributed by atoms with Crippen LogP contribution in [0.3, 0.4) is 0 Å². The van der Waals surface area contributed by atoms with Gasteiger partial charge in [0.25, 0.3) is 11.8 Å². The van der Waals surface area contributed by atoms with Crippen molar-refractivity contribution < 1.29 is 18.7 Å². The number of aromatic nitrogens is 1. The summed E-state index contributed by atoms with van der Waals surface area (Å²) in [6.07, 6.45) is 4.18. The molecule has 0 aliphatic carbocycles. The molecule has 7 nitrogen and oxygen atoms in total. The summed E-state index contributed by atoms with van der Waals surface area (Å²) in [5.41, 5.74) is 2.76. The quantitative estimate of drug-likeness (QED) is 0.557. The van der Waals surface area contributed by atoms with Crippen molar-refractivity contribution in [3.8, 4) is 16.9 Å². The predicted molar refractivity (Wildman–Crippen MR) is 139 cm³/mol. The van der Waals surface area contributed by atoms with Gasteiger partial charge in [0.15, 0.2) is 5.72 Å². The third-order valence-corrected chi connectivity index (χ3v) is 7.43. The van der Waals surface area contributed by atoms with Crippen molar-refractivity contribution in [2.24, 2.45) is 0 Å². The fraction of sp³-hybridized carbons (Fsp3) is 0.345. The number of halogens is 1. The van der Waals surface area contributed by atoms with Crippen LogP contribution >= 0.6 is 0 Å². The number of nitrogens with zero attached hydrogens (tertiary/aromatic N) is 3. The Morgan fingerprint density at radius 2 is 1.78 bits per heavy atom. The van der Waals surface area contributed by atoms with Gasteiger partial charge < -0.3 is 19.9 Å². The van der Waals surface area contributed by atoms with Crippen molar-refractivity contribution >= 4 is 11.8 Å². The van der Waals surface area contributed by atoms with E-state index in [1.165, 1.54) is 12.3 Å². The third-order valence-electron chi connectivity index (χ3n) is 7.43. The smallest absolute Gasteiger partial charge is 0.260 e. The minimum atomic E-state index is -0.604. The normalized spacial score (nSPS) is 17.0. The maximum absolute atomic E-state index is 13.4. The molecule has 1 fully saturated rings. The molecule has 192 valence electrons. The minimum Gasteiger partial charge on any atom is -0.467 e. The molecule has 1 saturated heterocycles. The van der Waals surface area contributed by atoms with Gasteiger partial charge in [-0.05, 0) is 60.9 Å². The number of amides is 2. The number of rotatable bonds is 5. The molecule has 0 bridgehead atoms. The average molecular weight is 503 g/mol. The molecule has 1 spiro atoms. The van der Waals surface area contributed by atoms with E-state index in [1.807, 2.05) is 37.4 Å². The number of hydrogen-bond donors (Lipinski definition) is 1. The van der Waals surface area contributed by atoms with Crippen LogP contribution in [-0.4, -0.2) is 58.5 Å². The van der Waals surface area contributed by atoms with E-state index >= 15 is 0 Å². The molecule has 2 amide bonds. The lowest BCUT2D eigenvalue weighted by Crippen LogP contribution is -2.62. The number of likely N-dealkylation sites (tertiary alicyclic amines) is 1. The van der Waals surface area contributed by atoms with E-state index in [-0.39, 0.29) is 18.4 Å². The van der Waals surface area contributed by atoms with Gasteiger partial charge in [0.1, 0.15) is 11.6 Å². The van der Waals surface area contributed by atoms with Crippen LogP contribution in [-0.2, 0) is 6.54 Å². The number of ether oxygens (including phenoxy) is 1. The van der Waals surface area contributed by atoms with Crippen molar-refractivity contribution in [3.63, 3.8) is 0 Å². The lowest BCUT2D eigenvalue weighted by atomic mass is 9.93. The highest BCUT2D eigenvalue weighted by molar-refractivity contribution is 5.99. The van der Waals surface area contributed by atoms with Crippen molar-refractivity contribution in [1.29, 1.82) is 0 Å². The van der Waals surface area contributed by atoms with E-state index in [9.17, 15) is 14.0 Å². The second-order valence-corrected chi connectivity index (χ2v) is 10.0. The van der Waals surface area contributed by atoms with Crippen LogP contribution in [0.4, 0.5) is 4.39 Å². The molecule has 2 aliphatic heterocycles. The summed E-state index contributed by atoms with van der Waals surface area (Å²) in [6.45, 7) is 6.34. The summed E-state index contributed by atoms with van der Waals surface area (Å²) in [5, 5.41) is 2.77. The van der Waals surface area contributed by atoms with Gasteiger partial charge in [-0.15, -0.1) is 0 Å². The number of fused-ring (bicyclic) bond motifs is 1. The number of pyridine rings is 1. The molecule has 0 radical (unpaired) electrons. The van der Waals surface area contributed by atoms with Crippen molar-refractivity contribution in [3.05, 3.63) is 83.4 Å². The highest BCUT2D eigenvalue weighted by atomic mass is 19.1. The van der Waals surface area contributed by atoms with Crippen molar-refractivity contribution in [1.82, 2.24) is 20.1 Å². The molecule has 0 saturated carbocycles. The molecule has 2 aromatic carbocycles. The Morgan fingerprint density at radius 3 is 2.46 bits per heavy atom. The molecule has 5 rings (SSSR count). The summed E-state index contributed by atoms with van der Waals surface area (Å²) in [4.78, 5) is 33.9. The van der Waals surface area contributed by atoms with Gasteiger partial charge >= 0.3 is 0 Å². The molecule has 2 aliphatic rings. The number of piperidine rings is 1. The Hall–Kier alpha value is -3.78. The summed E-state index contributed by atoms with van der Waals surface area (Å²) >= 11 is 0. The predicted octanol–water partition coefficient (Wildman–Crippen LogP) is 4.48. The number of carbonyl (C=O) groups excluding carboxylic acids is 2. The second kappa shape index (κ2) is 9.94. The van der Waals surface area contributed by atoms with Crippen molar-refractivity contribution in [2.45, 2.75) is 45.0 Å². The number of carbonyl (C=O) groups is 2. The van der Waals surface area contributed by atoms with Gasteiger partial charge in [0.2, 0.25) is 0 Å². The van der Waals surface area contributed by atoms with Crippen LogP contribution in [0.2, 0.25) is 0 Å². The maximum atomic E-state index is 13.4. The number of benzene rings is 2. The van der Waals surface area contributed by atoms with Crippen LogP contribution in [0.15, 0.2) is 60.9 Å². The van der Waals surface area contributed by atoms with E-state index < -0.39 is 11.5 Å². The summed E-state index contributed by atoms with van der Waals surface area (Å²) < 4.78 is 19.8. The monoisotopic (exact) mass is 502 g/mol. The fourth-order valence-electron chi connectivity index (χ4n) is 5.08. The molecule has 3 aromatic rings. The number of hydrogen-bond acceptors (Lipinski definition) is 5. The van der Waals surface area contributed by atoms with Gasteiger partial charge in [0.05, 0.1) is 11.8 Å². The number of nitrogens with one attached hydrogen (secondary N) is 1. The molecular weight excluding hydrogens is 471 g/mol. The van der Waals surface area contributed by atoms with Crippen LogP contribution in [0.25, 0.3) is 11.1 Å². The highest BCUT2D eigenvalue weighted by Crippen LogP contribution is 2.40. The van der Waals surface area contributed by atoms with E-state index in [1.54, 1.807) is 17.0 Å². The highest BCUT2D eigenvalue weighted by Gasteiger charge is 2.47. The topological polar surface area (TPSA) is 74.8 Å². The summed E-state index contributed by atoms with van der Waals surface area (Å²) in [5.74, 6) is -0.125. The van der Waals surface area contributed by atoms with Crippen LogP contribution < -0.4 is 10.1 Å². The van der Waals surface area contributed by atoms with Crippen LogP contribution in [0.1, 0.15) is 53.0 Å². The van der Waals surface area contributed by atoms with Gasteiger partial charge in [-0.3, -0.25) is 14.6 Å². The van der Waals surface area contributed by atoms with E-state index in [0.717, 1.165) is 43.3 Å². The molecular formula is C29H31FN4O3. The third kappa shape index (κ3) is 4.93. The van der Waals surface area contributed by atoms with Crippen LogP contribution in [0, 0.1) is 5.82 Å². The Balaban J connectivity index is 1.29. The SMILES string of the molecule is CC(C)N1CCC2(CC1)Oc1ccc(-c3ccc(C(=O)NCc4cncc(F)c4)cc3)cc1C(=O)N2C. The molecule has 0 atom stereocenters. The van der Waals surface area contributed by atoms with Crippen LogP contribution in [0.5, 0.6) is 5.75 Å². The van der Waals surface area contributed by atoms with E-state index in [4.69, 9.17) is 4.74 Å². The fourth-order valence-corrected chi connectivity index (χ4v) is 5.08. The first-order chi connectivity index (χ1) is 17.8. The average Bonchev–Trinajstić information content (AvgIpc) is 2.91. The van der Waals surface area contributed by atoms with E-state index in [2.05, 4.69) is 29.0 Å². The molecule has 1 N–H and O–H groups in total. The first-order valence-electron chi connectivity index (χ1n) is 12.6. The maximum Gasteiger partial charge on any atom is 0.260 e. The second-order valence-electron chi connectivity index (χ2n) is 10.0. The minimum absolute atomic E-state index is 0.0380. The largest absolute Gasteiger partial charge is 0.467 e. The van der Waals surface area contributed by atoms with E-state index in [0.29, 0.717) is 28.5 Å². The van der Waals surface area contributed by atoms with Gasteiger partial charge in [-0.2, -0.15) is 0 Å². The Morgan fingerprint density at radius 1 is 1.08 bits per heavy atom. The summed E-state index contributed by atoms with van der Waals surface area (Å²) in [7, 11) is 1.83. The summed E-state index contributed by atoms with van der Waals surface area (Å²) in [6, 6.07) is 14.6. The molecule has 1 aromatic heterocycles. The standard InChI is InChI=1S/C29H31FN4O3/c1-19(2)34-12-10-29(11-13-34)33(3)28(36)25-15-23(8-9-26(25)37-29)21-4-6-22(7-5-21)27(35)32-17-20-14-24(30)18-31-16-20/h4-9,14-16,18-19H,10-13,17H2,1-3H3,(H,32,35). The zero-order valence-corrected chi connectivity index (χ0v) is 21.3. The lowest BCUT2D eigenvalue weighted by molar-refractivity contribution is -0.104.